The summed E-state index contributed by atoms with van der Waals surface area (Å²) in [5.41, 5.74) is 3.43. The van der Waals surface area contributed by atoms with Crippen LogP contribution in [-0.4, -0.2) is 21.3 Å². The molecule has 1 N–H and O–H groups in total. The van der Waals surface area contributed by atoms with Gasteiger partial charge in [0.05, 0.1) is 12.3 Å². The molecule has 3 nitrogen and oxygen atoms in total. The van der Waals surface area contributed by atoms with E-state index in [-0.39, 0.29) is 6.61 Å². The molecule has 90 valence electrons. The van der Waals surface area contributed by atoms with E-state index in [1.807, 2.05) is 17.8 Å². The van der Waals surface area contributed by atoms with E-state index in [4.69, 9.17) is 5.11 Å². The first-order valence-corrected chi connectivity index (χ1v) is 5.97. The summed E-state index contributed by atoms with van der Waals surface area (Å²) in [7, 11) is 1.96. The maximum absolute atomic E-state index is 8.94. The van der Waals surface area contributed by atoms with Gasteiger partial charge in [-0.3, -0.25) is 0 Å². The number of nitrogens with zero attached hydrogens (tertiary/aromatic N) is 2. The van der Waals surface area contributed by atoms with Crippen molar-refractivity contribution in [2.24, 2.45) is 7.05 Å². The summed E-state index contributed by atoms with van der Waals surface area (Å²) in [6.45, 7) is 2.29. The maximum atomic E-state index is 8.94. The molecule has 0 saturated carbocycles. The fourth-order valence-corrected chi connectivity index (χ4v) is 1.89. The predicted molar refractivity (Wildman–Crippen MR) is 68.8 cm³/mol. The first kappa shape index (κ1) is 11.9. The highest BCUT2D eigenvalue weighted by Gasteiger charge is 2.06. The fraction of sp³-hybridized carbons (Fsp3) is 0.357. The van der Waals surface area contributed by atoms with Gasteiger partial charge in [-0.25, -0.2) is 4.98 Å². The van der Waals surface area contributed by atoms with Crippen molar-refractivity contribution in [3.63, 3.8) is 0 Å². The summed E-state index contributed by atoms with van der Waals surface area (Å²) in [6.07, 6.45) is 3.66. The number of hydrogen-bond acceptors (Lipinski definition) is 2. The molecule has 0 atom stereocenters. The van der Waals surface area contributed by atoms with Crippen LogP contribution in [0.1, 0.15) is 18.3 Å². The predicted octanol–water partition coefficient (Wildman–Crippen LogP) is 2.18. The van der Waals surface area contributed by atoms with Crippen molar-refractivity contribution in [3.8, 4) is 11.3 Å². The zero-order chi connectivity index (χ0) is 12.3. The summed E-state index contributed by atoms with van der Waals surface area (Å²) in [5.74, 6) is 0.919. The minimum atomic E-state index is 0.138. The lowest BCUT2D eigenvalue weighted by molar-refractivity contribution is 0.295. The minimum Gasteiger partial charge on any atom is -0.396 e. The summed E-state index contributed by atoms with van der Waals surface area (Å²) in [4.78, 5) is 4.53. The standard InChI is InChI=1S/C14H18N2O/c1-3-11-4-6-12(7-5-11)13-10-16(2)14(15-13)8-9-17/h4-7,10,17H,3,8-9H2,1-2H3. The molecule has 2 rings (SSSR count). The van der Waals surface area contributed by atoms with Crippen molar-refractivity contribution in [1.82, 2.24) is 9.55 Å². The number of rotatable bonds is 4. The molecule has 0 aliphatic heterocycles. The Morgan fingerprint density at radius 3 is 2.53 bits per heavy atom. The lowest BCUT2D eigenvalue weighted by Crippen LogP contribution is -1.99. The van der Waals surface area contributed by atoms with Crippen molar-refractivity contribution >= 4 is 0 Å². The van der Waals surface area contributed by atoms with Gasteiger partial charge in [0.1, 0.15) is 5.82 Å². The van der Waals surface area contributed by atoms with Crippen molar-refractivity contribution < 1.29 is 5.11 Å². The summed E-state index contributed by atoms with van der Waals surface area (Å²) < 4.78 is 1.97. The Hall–Kier alpha value is -1.61. The second-order valence-electron chi connectivity index (χ2n) is 4.18. The smallest absolute Gasteiger partial charge is 0.111 e. The van der Waals surface area contributed by atoms with Gasteiger partial charge in [-0.2, -0.15) is 0 Å². The molecular formula is C14H18N2O. The fourth-order valence-electron chi connectivity index (χ4n) is 1.89. The summed E-state index contributed by atoms with van der Waals surface area (Å²) in [6, 6.07) is 8.47. The third-order valence-electron chi connectivity index (χ3n) is 2.97. The molecule has 1 aromatic heterocycles. The highest BCUT2D eigenvalue weighted by Crippen LogP contribution is 2.19. The van der Waals surface area contributed by atoms with E-state index in [0.29, 0.717) is 6.42 Å². The van der Waals surface area contributed by atoms with Gasteiger partial charge in [-0.1, -0.05) is 31.2 Å². The average molecular weight is 230 g/mol. The molecule has 1 aromatic carbocycles. The Balaban J connectivity index is 2.29. The maximum Gasteiger partial charge on any atom is 0.111 e. The zero-order valence-corrected chi connectivity index (χ0v) is 10.3. The van der Waals surface area contributed by atoms with E-state index < -0.39 is 0 Å². The van der Waals surface area contributed by atoms with Crippen LogP contribution >= 0.6 is 0 Å². The molecule has 0 saturated heterocycles. The number of benzene rings is 1. The highest BCUT2D eigenvalue weighted by molar-refractivity contribution is 5.59. The molecule has 0 spiro atoms. The van der Waals surface area contributed by atoms with Gasteiger partial charge in [0, 0.05) is 25.2 Å². The zero-order valence-electron chi connectivity index (χ0n) is 10.3. The molecule has 0 unspecified atom stereocenters. The lowest BCUT2D eigenvalue weighted by Gasteiger charge is -1.98. The van der Waals surface area contributed by atoms with Gasteiger partial charge in [0.15, 0.2) is 0 Å². The number of aliphatic hydroxyl groups excluding tert-OH is 1. The lowest BCUT2D eigenvalue weighted by atomic mass is 10.1. The van der Waals surface area contributed by atoms with Gasteiger partial charge < -0.3 is 9.67 Å². The number of aromatic nitrogens is 2. The van der Waals surface area contributed by atoms with E-state index in [1.165, 1.54) is 5.56 Å². The molecule has 0 fully saturated rings. The summed E-state index contributed by atoms with van der Waals surface area (Å²) in [5, 5.41) is 8.94. The van der Waals surface area contributed by atoms with Crippen LogP contribution in [0.25, 0.3) is 11.3 Å². The largest absolute Gasteiger partial charge is 0.396 e. The minimum absolute atomic E-state index is 0.138. The third kappa shape index (κ3) is 2.56. The second kappa shape index (κ2) is 5.15. The van der Waals surface area contributed by atoms with Crippen molar-refractivity contribution in [2.45, 2.75) is 19.8 Å². The Bertz CT molecular complexity index is 485. The molecule has 2 aromatic rings. The summed E-state index contributed by atoms with van der Waals surface area (Å²) >= 11 is 0. The molecule has 0 radical (unpaired) electrons. The van der Waals surface area contributed by atoms with E-state index in [0.717, 1.165) is 23.5 Å². The Labute approximate surface area is 102 Å². The van der Waals surface area contributed by atoms with Gasteiger partial charge in [-0.05, 0) is 12.0 Å². The van der Waals surface area contributed by atoms with Gasteiger partial charge in [0.2, 0.25) is 0 Å². The number of aliphatic hydroxyl groups is 1. The van der Waals surface area contributed by atoms with Gasteiger partial charge in [-0.15, -0.1) is 0 Å². The quantitative estimate of drug-likeness (QED) is 0.874. The average Bonchev–Trinajstić information content (AvgIpc) is 2.72. The van der Waals surface area contributed by atoms with Crippen LogP contribution in [-0.2, 0) is 19.9 Å². The van der Waals surface area contributed by atoms with Gasteiger partial charge >= 0.3 is 0 Å². The first-order valence-electron chi connectivity index (χ1n) is 5.97. The van der Waals surface area contributed by atoms with Crippen LogP contribution in [0.2, 0.25) is 0 Å². The van der Waals surface area contributed by atoms with E-state index in [2.05, 4.69) is 36.2 Å². The van der Waals surface area contributed by atoms with Crippen LogP contribution in [0.15, 0.2) is 30.5 Å². The normalized spacial score (nSPS) is 10.8. The number of imidazole rings is 1. The second-order valence-corrected chi connectivity index (χ2v) is 4.18. The molecule has 3 heteroatoms. The van der Waals surface area contributed by atoms with Gasteiger partial charge in [0.25, 0.3) is 0 Å². The highest BCUT2D eigenvalue weighted by atomic mass is 16.3. The molecular weight excluding hydrogens is 212 g/mol. The van der Waals surface area contributed by atoms with Crippen molar-refractivity contribution in [2.75, 3.05) is 6.61 Å². The topological polar surface area (TPSA) is 38.0 Å². The van der Waals surface area contributed by atoms with Crippen molar-refractivity contribution in [3.05, 3.63) is 41.9 Å². The van der Waals surface area contributed by atoms with Crippen LogP contribution < -0.4 is 0 Å². The molecule has 17 heavy (non-hydrogen) atoms. The van der Waals surface area contributed by atoms with E-state index >= 15 is 0 Å². The molecule has 1 heterocycles. The van der Waals surface area contributed by atoms with Crippen LogP contribution in [0.4, 0.5) is 0 Å². The molecule has 0 amide bonds. The van der Waals surface area contributed by atoms with Crippen LogP contribution in [0, 0.1) is 0 Å². The van der Waals surface area contributed by atoms with Crippen LogP contribution in [0.5, 0.6) is 0 Å². The molecule has 0 aliphatic carbocycles. The van der Waals surface area contributed by atoms with Crippen LogP contribution in [0.3, 0.4) is 0 Å². The van der Waals surface area contributed by atoms with E-state index in [9.17, 15) is 0 Å². The monoisotopic (exact) mass is 230 g/mol. The van der Waals surface area contributed by atoms with E-state index in [1.54, 1.807) is 0 Å². The Kier molecular flexibility index (Phi) is 3.59. The number of hydrogen-bond donors (Lipinski definition) is 1. The molecule has 0 bridgehead atoms. The number of aryl methyl sites for hydroxylation is 2. The third-order valence-corrected chi connectivity index (χ3v) is 2.97. The SMILES string of the molecule is CCc1ccc(-c2cn(C)c(CCO)n2)cc1. The van der Waals surface area contributed by atoms with Crippen molar-refractivity contribution in [1.29, 1.82) is 0 Å². The Morgan fingerprint density at radius 2 is 1.94 bits per heavy atom. The first-order chi connectivity index (χ1) is 8.24. The molecule has 0 aliphatic rings. The Morgan fingerprint density at radius 1 is 1.24 bits per heavy atom.